The van der Waals surface area contributed by atoms with E-state index in [4.69, 9.17) is 10.1 Å². The van der Waals surface area contributed by atoms with E-state index in [0.717, 1.165) is 6.42 Å². The monoisotopic (exact) mass is 258 g/mol. The van der Waals surface area contributed by atoms with Crippen LogP contribution in [0.1, 0.15) is 26.2 Å². The molecule has 0 atom stereocenters. The van der Waals surface area contributed by atoms with E-state index in [0.29, 0.717) is 28.9 Å². The molecule has 0 fully saturated rings. The Bertz CT molecular complexity index is 321. The molecule has 0 aromatic heterocycles. The number of aliphatic imine (C=N–C) groups is 1. The summed E-state index contributed by atoms with van der Waals surface area (Å²) in [7, 11) is 0. The second kappa shape index (κ2) is 5.05. The van der Waals surface area contributed by atoms with Gasteiger partial charge >= 0.3 is 5.97 Å². The Morgan fingerprint density at radius 1 is 1.79 bits per heavy atom. The van der Waals surface area contributed by atoms with Crippen molar-refractivity contribution in [2.24, 2.45) is 4.99 Å². The van der Waals surface area contributed by atoms with Crippen LogP contribution in [0.4, 0.5) is 0 Å². The molecular weight excluding hydrogens is 248 g/mol. The highest BCUT2D eigenvalue weighted by Crippen LogP contribution is 2.14. The van der Waals surface area contributed by atoms with Gasteiger partial charge in [0.05, 0.1) is 18.3 Å². The molecule has 0 spiro atoms. The van der Waals surface area contributed by atoms with Crippen molar-refractivity contribution in [3.8, 4) is 0 Å². The fraction of sp³-hybridized carbons (Fsp3) is 0.444. The van der Waals surface area contributed by atoms with Crippen LogP contribution in [-0.2, 0) is 9.53 Å². The quantitative estimate of drug-likeness (QED) is 0.791. The van der Waals surface area contributed by atoms with Gasteiger partial charge in [-0.15, -0.1) is 0 Å². The number of nitrogens with one attached hydrogen (secondary N) is 1. The summed E-state index contributed by atoms with van der Waals surface area (Å²) in [6.07, 6.45) is 2.95. The molecule has 14 heavy (non-hydrogen) atoms. The van der Waals surface area contributed by atoms with Crippen LogP contribution in [0, 0.1) is 5.41 Å². The van der Waals surface area contributed by atoms with E-state index in [-0.39, 0.29) is 5.97 Å². The first-order chi connectivity index (χ1) is 6.63. The van der Waals surface area contributed by atoms with Gasteiger partial charge in [-0.1, -0.05) is 6.92 Å². The van der Waals surface area contributed by atoms with Crippen LogP contribution in [0.25, 0.3) is 0 Å². The Hall–Kier alpha value is -0.970. The molecule has 0 saturated carbocycles. The minimum Gasteiger partial charge on any atom is -0.429 e. The lowest BCUT2D eigenvalue weighted by Crippen LogP contribution is -2.14. The van der Waals surface area contributed by atoms with Crippen LogP contribution in [0.15, 0.2) is 17.0 Å². The van der Waals surface area contributed by atoms with Gasteiger partial charge in [-0.25, -0.2) is 4.99 Å². The van der Waals surface area contributed by atoms with E-state index < -0.39 is 0 Å². The molecule has 1 rings (SSSR count). The van der Waals surface area contributed by atoms with Crippen molar-refractivity contribution in [3.05, 3.63) is 12.0 Å². The fourth-order valence-electron chi connectivity index (χ4n) is 0.963. The first-order valence-corrected chi connectivity index (χ1v) is 5.13. The molecule has 5 heteroatoms. The Kier molecular flexibility index (Phi) is 4.00. The number of rotatable bonds is 3. The third-order valence-corrected chi connectivity index (χ3v) is 2.30. The molecule has 0 aromatic carbocycles. The minimum atomic E-state index is -0.264. The average Bonchev–Trinajstić information content (AvgIpc) is 2.12. The van der Waals surface area contributed by atoms with Crippen LogP contribution in [0.5, 0.6) is 0 Å². The Morgan fingerprint density at radius 3 is 3.07 bits per heavy atom. The lowest BCUT2D eigenvalue weighted by atomic mass is 10.2. The number of nitrogens with zero attached hydrogens (tertiary/aromatic N) is 1. The second-order valence-corrected chi connectivity index (χ2v) is 3.65. The molecule has 76 valence electrons. The summed E-state index contributed by atoms with van der Waals surface area (Å²) < 4.78 is 5.50. The van der Waals surface area contributed by atoms with Crippen molar-refractivity contribution in [2.75, 3.05) is 0 Å². The van der Waals surface area contributed by atoms with E-state index in [9.17, 15) is 4.79 Å². The van der Waals surface area contributed by atoms with Gasteiger partial charge in [0.2, 0.25) is 0 Å². The Labute approximate surface area is 90.7 Å². The Morgan fingerprint density at radius 2 is 2.50 bits per heavy atom. The minimum absolute atomic E-state index is 0.264. The number of halogens is 1. The lowest BCUT2D eigenvalue weighted by molar-refractivity contribution is -0.139. The number of hydrogen-bond donors (Lipinski definition) is 1. The van der Waals surface area contributed by atoms with E-state index >= 15 is 0 Å². The molecule has 0 aromatic rings. The smallest absolute Gasteiger partial charge is 0.310 e. The molecule has 1 aliphatic heterocycles. The SMILES string of the molecule is CCCC(=O)OC1=CN=C(Br)C(=N)C1. The van der Waals surface area contributed by atoms with Crippen molar-refractivity contribution in [3.63, 3.8) is 0 Å². The topological polar surface area (TPSA) is 62.5 Å². The van der Waals surface area contributed by atoms with E-state index in [1.165, 1.54) is 6.20 Å². The van der Waals surface area contributed by atoms with E-state index in [1.54, 1.807) is 0 Å². The molecule has 0 radical (unpaired) electrons. The van der Waals surface area contributed by atoms with Gasteiger partial charge in [0.1, 0.15) is 10.4 Å². The Balaban J connectivity index is 2.55. The summed E-state index contributed by atoms with van der Waals surface area (Å²) in [4.78, 5) is 15.0. The normalized spacial score (nSPS) is 16.0. The molecule has 4 nitrogen and oxygen atoms in total. The number of carbonyl (C=O) groups is 1. The third kappa shape index (κ3) is 3.06. The van der Waals surface area contributed by atoms with Crippen molar-refractivity contribution in [1.29, 1.82) is 5.41 Å². The molecule has 0 amide bonds. The number of hydrogen-bond acceptors (Lipinski definition) is 4. The van der Waals surface area contributed by atoms with E-state index in [2.05, 4.69) is 20.9 Å². The molecule has 1 N–H and O–H groups in total. The van der Waals surface area contributed by atoms with Gasteiger partial charge in [-0.3, -0.25) is 4.79 Å². The number of ether oxygens (including phenoxy) is 1. The van der Waals surface area contributed by atoms with E-state index in [1.807, 2.05) is 6.92 Å². The summed E-state index contributed by atoms with van der Waals surface area (Å²) in [5.41, 5.74) is 0.326. The fourth-order valence-corrected chi connectivity index (χ4v) is 1.21. The third-order valence-electron chi connectivity index (χ3n) is 1.62. The molecule has 0 unspecified atom stereocenters. The highest BCUT2D eigenvalue weighted by molar-refractivity contribution is 9.19. The zero-order valence-electron chi connectivity index (χ0n) is 7.84. The standard InChI is InChI=1S/C9H11BrN2O2/c1-2-3-8(13)14-6-4-7(11)9(10)12-5-6/h5,11H,2-4H2,1H3. The van der Waals surface area contributed by atoms with Gasteiger partial charge < -0.3 is 10.1 Å². The predicted octanol–water partition coefficient (Wildman–Crippen LogP) is 2.39. The second-order valence-electron chi connectivity index (χ2n) is 2.89. The molecule has 1 heterocycles. The zero-order valence-corrected chi connectivity index (χ0v) is 9.43. The summed E-state index contributed by atoms with van der Waals surface area (Å²) >= 11 is 3.12. The van der Waals surface area contributed by atoms with Gasteiger partial charge in [0.25, 0.3) is 0 Å². The summed E-state index contributed by atoms with van der Waals surface area (Å²) in [5, 5.41) is 7.46. The largest absolute Gasteiger partial charge is 0.429 e. The maximum atomic E-state index is 11.1. The van der Waals surface area contributed by atoms with Crippen LogP contribution < -0.4 is 0 Å². The average molecular weight is 259 g/mol. The highest BCUT2D eigenvalue weighted by atomic mass is 79.9. The van der Waals surface area contributed by atoms with Crippen molar-refractivity contribution in [1.82, 2.24) is 0 Å². The lowest BCUT2D eigenvalue weighted by Gasteiger charge is -2.11. The molecule has 0 saturated heterocycles. The summed E-state index contributed by atoms with van der Waals surface area (Å²) in [5.74, 6) is 0.177. The van der Waals surface area contributed by atoms with Crippen molar-refractivity contribution >= 4 is 32.2 Å². The molecule has 1 aliphatic rings. The molecular formula is C9H11BrN2O2. The van der Waals surface area contributed by atoms with Crippen LogP contribution in [0.3, 0.4) is 0 Å². The highest BCUT2D eigenvalue weighted by Gasteiger charge is 2.15. The van der Waals surface area contributed by atoms with Gasteiger partial charge in [-0.05, 0) is 22.4 Å². The van der Waals surface area contributed by atoms with Crippen LogP contribution in [-0.4, -0.2) is 16.3 Å². The number of carbonyl (C=O) groups excluding carboxylic acids is 1. The summed E-state index contributed by atoms with van der Waals surface area (Å²) in [6.45, 7) is 1.91. The molecule has 0 bridgehead atoms. The molecule has 0 aliphatic carbocycles. The number of esters is 1. The maximum Gasteiger partial charge on any atom is 0.310 e. The van der Waals surface area contributed by atoms with Crippen LogP contribution in [0.2, 0.25) is 0 Å². The van der Waals surface area contributed by atoms with Gasteiger partial charge in [0.15, 0.2) is 0 Å². The summed E-state index contributed by atoms with van der Waals surface area (Å²) in [6, 6.07) is 0. The van der Waals surface area contributed by atoms with Gasteiger partial charge in [-0.2, -0.15) is 0 Å². The zero-order chi connectivity index (χ0) is 10.6. The predicted molar refractivity (Wildman–Crippen MR) is 57.8 cm³/mol. The van der Waals surface area contributed by atoms with Gasteiger partial charge in [0, 0.05) is 6.42 Å². The van der Waals surface area contributed by atoms with Crippen LogP contribution >= 0.6 is 15.9 Å². The van der Waals surface area contributed by atoms with Crippen molar-refractivity contribution in [2.45, 2.75) is 26.2 Å². The first kappa shape index (κ1) is 11.1. The maximum absolute atomic E-state index is 11.1. The van der Waals surface area contributed by atoms with Crippen molar-refractivity contribution < 1.29 is 9.53 Å². The first-order valence-electron chi connectivity index (χ1n) is 4.34. The number of allylic oxidation sites excluding steroid dienone is 1.